The fourth-order valence-corrected chi connectivity index (χ4v) is 3.44. The fraction of sp³-hybridized carbons (Fsp3) is 0. The number of rotatable bonds is 2. The van der Waals surface area contributed by atoms with E-state index >= 15 is 0 Å². The molecule has 0 aromatic heterocycles. The van der Waals surface area contributed by atoms with E-state index in [1.165, 1.54) is 6.07 Å². The molecule has 0 spiro atoms. The Morgan fingerprint density at radius 2 is 1.53 bits per heavy atom. The zero-order valence-corrected chi connectivity index (χ0v) is 11.8. The van der Waals surface area contributed by atoms with Crippen molar-refractivity contribution in [2.45, 2.75) is 9.79 Å². The summed E-state index contributed by atoms with van der Waals surface area (Å²) in [4.78, 5) is 0.359. The van der Waals surface area contributed by atoms with E-state index in [9.17, 15) is 8.42 Å². The van der Waals surface area contributed by atoms with Gasteiger partial charge in [0.05, 0.1) is 14.8 Å². The first kappa shape index (κ1) is 12.6. The summed E-state index contributed by atoms with van der Waals surface area (Å²) >= 11 is 9.16. The van der Waals surface area contributed by atoms with Crippen LogP contribution in [-0.2, 0) is 9.84 Å². The number of halogens is 2. The smallest absolute Gasteiger partial charge is 0.208 e. The second kappa shape index (κ2) is 4.80. The van der Waals surface area contributed by atoms with E-state index < -0.39 is 9.84 Å². The van der Waals surface area contributed by atoms with E-state index in [4.69, 9.17) is 11.6 Å². The van der Waals surface area contributed by atoms with Crippen molar-refractivity contribution in [1.82, 2.24) is 0 Å². The third-order valence-electron chi connectivity index (χ3n) is 2.25. The van der Waals surface area contributed by atoms with Gasteiger partial charge in [-0.25, -0.2) is 8.42 Å². The van der Waals surface area contributed by atoms with Gasteiger partial charge in [-0.3, -0.25) is 0 Å². The van der Waals surface area contributed by atoms with Crippen LogP contribution in [0.15, 0.2) is 62.8 Å². The Labute approximate surface area is 113 Å². The molecule has 0 heterocycles. The van der Waals surface area contributed by atoms with Gasteiger partial charge in [-0.1, -0.05) is 39.7 Å². The molecule has 0 saturated carbocycles. The van der Waals surface area contributed by atoms with Crippen molar-refractivity contribution in [1.29, 1.82) is 0 Å². The highest BCUT2D eigenvalue weighted by Crippen LogP contribution is 2.27. The van der Waals surface area contributed by atoms with E-state index in [1.807, 2.05) is 0 Å². The molecule has 0 saturated heterocycles. The van der Waals surface area contributed by atoms with Crippen LogP contribution >= 0.6 is 27.5 Å². The Balaban J connectivity index is 2.58. The van der Waals surface area contributed by atoms with Gasteiger partial charge in [0.15, 0.2) is 0 Å². The van der Waals surface area contributed by atoms with E-state index in [1.54, 1.807) is 42.5 Å². The van der Waals surface area contributed by atoms with Crippen LogP contribution in [0.25, 0.3) is 0 Å². The van der Waals surface area contributed by atoms with Gasteiger partial charge < -0.3 is 0 Å². The van der Waals surface area contributed by atoms with Crippen molar-refractivity contribution < 1.29 is 8.42 Å². The van der Waals surface area contributed by atoms with Crippen molar-refractivity contribution in [3.05, 3.63) is 58.0 Å². The molecule has 2 rings (SSSR count). The summed E-state index contributed by atoms with van der Waals surface area (Å²) in [5.74, 6) is 0. The fourth-order valence-electron chi connectivity index (χ4n) is 1.40. The molecular formula is C12H8BrClO2S. The maximum absolute atomic E-state index is 12.3. The zero-order valence-electron chi connectivity index (χ0n) is 8.60. The summed E-state index contributed by atoms with van der Waals surface area (Å²) < 4.78 is 25.4. The number of benzene rings is 2. The second-order valence-corrected chi connectivity index (χ2v) is 6.63. The molecule has 0 aliphatic heterocycles. The molecule has 0 atom stereocenters. The Morgan fingerprint density at radius 1 is 0.941 bits per heavy atom. The quantitative estimate of drug-likeness (QED) is 0.835. The molecule has 0 radical (unpaired) electrons. The van der Waals surface area contributed by atoms with Crippen LogP contribution < -0.4 is 0 Å². The van der Waals surface area contributed by atoms with Gasteiger partial charge in [-0.05, 0) is 36.4 Å². The Hall–Kier alpha value is -0.840. The first-order valence-electron chi connectivity index (χ1n) is 4.77. The monoisotopic (exact) mass is 330 g/mol. The summed E-state index contributed by atoms with van der Waals surface area (Å²) in [6, 6.07) is 12.9. The minimum atomic E-state index is -3.54. The first-order chi connectivity index (χ1) is 8.01. The summed E-state index contributed by atoms with van der Waals surface area (Å²) in [6.45, 7) is 0. The van der Waals surface area contributed by atoms with Gasteiger partial charge in [0.25, 0.3) is 0 Å². The highest BCUT2D eigenvalue weighted by atomic mass is 79.9. The van der Waals surface area contributed by atoms with E-state index in [0.717, 1.165) is 4.47 Å². The first-order valence-corrected chi connectivity index (χ1v) is 7.42. The molecule has 2 aromatic rings. The summed E-state index contributed by atoms with van der Waals surface area (Å²) in [7, 11) is -3.54. The predicted octanol–water partition coefficient (Wildman–Crippen LogP) is 3.94. The molecule has 17 heavy (non-hydrogen) atoms. The molecular weight excluding hydrogens is 324 g/mol. The molecule has 2 nitrogen and oxygen atoms in total. The summed E-state index contributed by atoms with van der Waals surface area (Å²) in [5, 5.41) is 0.232. The molecule has 0 amide bonds. The van der Waals surface area contributed by atoms with Crippen LogP contribution in [0.1, 0.15) is 0 Å². The predicted molar refractivity (Wildman–Crippen MR) is 71.0 cm³/mol. The Morgan fingerprint density at radius 3 is 2.12 bits per heavy atom. The lowest BCUT2D eigenvalue weighted by Gasteiger charge is -2.06. The van der Waals surface area contributed by atoms with Gasteiger partial charge in [0, 0.05) is 4.47 Å². The topological polar surface area (TPSA) is 34.1 Å². The molecule has 0 fully saturated rings. The normalized spacial score (nSPS) is 11.4. The van der Waals surface area contributed by atoms with Crippen LogP contribution in [0.3, 0.4) is 0 Å². The van der Waals surface area contributed by atoms with Crippen molar-refractivity contribution in [3.8, 4) is 0 Å². The third-order valence-corrected chi connectivity index (χ3v) is 5.05. The largest absolute Gasteiger partial charge is 0.218 e. The van der Waals surface area contributed by atoms with Crippen molar-refractivity contribution >= 4 is 37.4 Å². The van der Waals surface area contributed by atoms with E-state index in [0.29, 0.717) is 0 Å². The van der Waals surface area contributed by atoms with E-state index in [2.05, 4.69) is 15.9 Å². The lowest BCUT2D eigenvalue weighted by Crippen LogP contribution is -2.02. The van der Waals surface area contributed by atoms with Gasteiger partial charge in [-0.15, -0.1) is 0 Å². The highest BCUT2D eigenvalue weighted by Gasteiger charge is 2.19. The van der Waals surface area contributed by atoms with Crippen molar-refractivity contribution in [2.75, 3.05) is 0 Å². The van der Waals surface area contributed by atoms with Crippen LogP contribution in [0.2, 0.25) is 5.02 Å². The number of hydrogen-bond donors (Lipinski definition) is 0. The number of sulfone groups is 1. The maximum Gasteiger partial charge on any atom is 0.208 e. The highest BCUT2D eigenvalue weighted by molar-refractivity contribution is 9.10. The molecule has 0 N–H and O–H groups in total. The van der Waals surface area contributed by atoms with Crippen LogP contribution in [-0.4, -0.2) is 8.42 Å². The average molecular weight is 332 g/mol. The molecule has 88 valence electrons. The second-order valence-electron chi connectivity index (χ2n) is 3.39. The molecule has 0 unspecified atom stereocenters. The Kier molecular flexibility index (Phi) is 3.56. The molecule has 0 bridgehead atoms. The Bertz CT molecular complexity index is 636. The molecule has 2 aromatic carbocycles. The number of hydrogen-bond acceptors (Lipinski definition) is 2. The molecule has 0 aliphatic carbocycles. The lowest BCUT2D eigenvalue weighted by molar-refractivity contribution is 0.596. The minimum absolute atomic E-state index is 0.129. The van der Waals surface area contributed by atoms with Gasteiger partial charge in [0.1, 0.15) is 0 Å². The molecule has 0 aliphatic rings. The standard InChI is InChI=1S/C12H8BrClO2S/c13-9-5-7-10(8-6-9)17(15,16)12-4-2-1-3-11(12)14/h1-8H. The van der Waals surface area contributed by atoms with Gasteiger partial charge in [0.2, 0.25) is 9.84 Å². The van der Waals surface area contributed by atoms with Crippen molar-refractivity contribution in [3.63, 3.8) is 0 Å². The van der Waals surface area contributed by atoms with Gasteiger partial charge in [-0.2, -0.15) is 0 Å². The van der Waals surface area contributed by atoms with Crippen LogP contribution in [0, 0.1) is 0 Å². The SMILES string of the molecule is O=S(=O)(c1ccc(Br)cc1)c1ccccc1Cl. The summed E-state index contributed by atoms with van der Waals surface area (Å²) in [5.41, 5.74) is 0. The maximum atomic E-state index is 12.3. The minimum Gasteiger partial charge on any atom is -0.218 e. The lowest BCUT2D eigenvalue weighted by atomic mass is 10.4. The van der Waals surface area contributed by atoms with E-state index in [-0.39, 0.29) is 14.8 Å². The van der Waals surface area contributed by atoms with Crippen LogP contribution in [0.5, 0.6) is 0 Å². The van der Waals surface area contributed by atoms with Crippen molar-refractivity contribution in [2.24, 2.45) is 0 Å². The zero-order chi connectivity index (χ0) is 12.5. The summed E-state index contributed by atoms with van der Waals surface area (Å²) in [6.07, 6.45) is 0. The van der Waals surface area contributed by atoms with Crippen LogP contribution in [0.4, 0.5) is 0 Å². The average Bonchev–Trinajstić information content (AvgIpc) is 2.30. The third kappa shape index (κ3) is 2.54. The van der Waals surface area contributed by atoms with Gasteiger partial charge >= 0.3 is 0 Å². The molecule has 5 heteroatoms.